The molecule has 0 radical (unpaired) electrons. The summed E-state index contributed by atoms with van der Waals surface area (Å²) in [6.07, 6.45) is 0. The Labute approximate surface area is 165 Å². The summed E-state index contributed by atoms with van der Waals surface area (Å²) in [7, 11) is 0. The molecule has 4 rings (SSSR count). The predicted molar refractivity (Wildman–Crippen MR) is 87.3 cm³/mol. The third-order valence-corrected chi connectivity index (χ3v) is 3.66. The molecule has 118 valence electrons. The Kier molecular flexibility index (Phi) is 5.03. The summed E-state index contributed by atoms with van der Waals surface area (Å²) < 4.78 is 5.28. The van der Waals surface area contributed by atoms with E-state index in [0.717, 1.165) is 16.4 Å². The molecule has 4 aromatic rings. The van der Waals surface area contributed by atoms with Gasteiger partial charge in [0.05, 0.1) is 17.0 Å². The first-order chi connectivity index (χ1) is 11.7. The number of carboxylic acid groups (broad SMARTS) is 1. The van der Waals surface area contributed by atoms with Crippen LogP contribution in [0.15, 0.2) is 54.6 Å². The zero-order valence-corrected chi connectivity index (χ0v) is 15.5. The number of hydrogen-bond acceptors (Lipinski definition) is 5. The maximum Gasteiger partial charge on any atom is 1.00 e. The van der Waals surface area contributed by atoms with Crippen molar-refractivity contribution < 1.29 is 44.2 Å². The second kappa shape index (κ2) is 7.23. The summed E-state index contributed by atoms with van der Waals surface area (Å²) in [6, 6.07) is 16.8. The second-order valence-corrected chi connectivity index (χ2v) is 5.29. The molecule has 2 aromatic carbocycles. The summed E-state index contributed by atoms with van der Waals surface area (Å²) in [4.78, 5) is 23.0. The smallest absolute Gasteiger partial charge is 0.546 e. The number of carboxylic acids is 1. The molecule has 0 amide bonds. The van der Waals surface area contributed by atoms with E-state index in [-0.39, 0.29) is 29.6 Å². The van der Waals surface area contributed by atoms with Gasteiger partial charge < -0.3 is 19.6 Å². The van der Waals surface area contributed by atoms with E-state index in [0.29, 0.717) is 22.8 Å². The number of aromatic amines is 1. The van der Waals surface area contributed by atoms with E-state index in [4.69, 9.17) is 4.74 Å². The number of fused-ring (bicyclic) bond motifs is 2. The fourth-order valence-electron chi connectivity index (χ4n) is 2.58. The third-order valence-electron chi connectivity index (χ3n) is 3.66. The van der Waals surface area contributed by atoms with Gasteiger partial charge in [-0.2, -0.15) is 0 Å². The third kappa shape index (κ3) is 3.51. The molecule has 0 aliphatic carbocycles. The van der Waals surface area contributed by atoms with Crippen LogP contribution in [0.5, 0.6) is 5.75 Å². The normalized spacial score (nSPS) is 10.6. The van der Waals surface area contributed by atoms with Gasteiger partial charge in [0.15, 0.2) is 5.82 Å². The van der Waals surface area contributed by atoms with Crippen LogP contribution in [0, 0.1) is 0 Å². The number of carbonyl (C=O) groups excluding carboxylic acids is 1. The average molecular weight is 341 g/mol. The number of aromatic nitrogens is 3. The molecule has 0 saturated carbocycles. The molecule has 7 heteroatoms. The second-order valence-electron chi connectivity index (χ2n) is 5.29. The minimum Gasteiger partial charge on any atom is -0.546 e. The predicted octanol–water partition coefficient (Wildman–Crippen LogP) is -1.09. The van der Waals surface area contributed by atoms with Crippen molar-refractivity contribution in [3.05, 3.63) is 54.6 Å². The van der Waals surface area contributed by atoms with Gasteiger partial charge in [-0.1, -0.05) is 30.3 Å². The number of hydrogen-bond donors (Lipinski definition) is 1. The van der Waals surface area contributed by atoms with Crippen LogP contribution in [-0.2, 0) is 4.79 Å². The Morgan fingerprint density at radius 1 is 1.04 bits per heavy atom. The number of rotatable bonds is 4. The van der Waals surface area contributed by atoms with Crippen molar-refractivity contribution in [2.24, 2.45) is 0 Å². The van der Waals surface area contributed by atoms with Crippen molar-refractivity contribution in [1.82, 2.24) is 15.0 Å². The number of ether oxygens (including phenoxy) is 1. The van der Waals surface area contributed by atoms with E-state index < -0.39 is 12.6 Å². The number of pyridine rings is 1. The molecular weight excluding hydrogens is 329 g/mol. The van der Waals surface area contributed by atoms with Crippen molar-refractivity contribution in [3.8, 4) is 17.3 Å². The van der Waals surface area contributed by atoms with Crippen LogP contribution in [-0.4, -0.2) is 27.5 Å². The summed E-state index contributed by atoms with van der Waals surface area (Å²) in [5, 5.41) is 11.5. The van der Waals surface area contributed by atoms with Gasteiger partial charge >= 0.3 is 29.6 Å². The number of aliphatic carboxylic acids is 1. The first-order valence-electron chi connectivity index (χ1n) is 7.38. The van der Waals surface area contributed by atoms with Crippen LogP contribution in [0.2, 0.25) is 0 Å². The summed E-state index contributed by atoms with van der Waals surface area (Å²) >= 11 is 0. The molecule has 0 fully saturated rings. The van der Waals surface area contributed by atoms with Gasteiger partial charge in [0.25, 0.3) is 0 Å². The Hall–Kier alpha value is -2.41. The van der Waals surface area contributed by atoms with Gasteiger partial charge in [-0.15, -0.1) is 0 Å². The van der Waals surface area contributed by atoms with E-state index in [2.05, 4.69) is 15.0 Å². The molecule has 0 aliphatic heterocycles. The minimum atomic E-state index is -1.28. The molecule has 0 atom stereocenters. The van der Waals surface area contributed by atoms with E-state index in [1.807, 2.05) is 42.5 Å². The van der Waals surface area contributed by atoms with Crippen molar-refractivity contribution in [2.45, 2.75) is 0 Å². The SMILES string of the molecule is O=C([O-])COc1cccc2ccc(-c3nc4ccccc4[nH]3)nc12.[Na+]. The Morgan fingerprint density at radius 3 is 2.68 bits per heavy atom. The van der Waals surface area contributed by atoms with Gasteiger partial charge in [-0.25, -0.2) is 9.97 Å². The molecule has 0 saturated heterocycles. The Morgan fingerprint density at radius 2 is 1.88 bits per heavy atom. The molecule has 2 aromatic heterocycles. The molecule has 25 heavy (non-hydrogen) atoms. The van der Waals surface area contributed by atoms with Gasteiger partial charge in [0, 0.05) is 5.39 Å². The standard InChI is InChI=1S/C18H13N3O3.Na/c22-16(23)10-24-15-7-3-4-11-8-9-14(19-17(11)15)18-20-12-5-1-2-6-13(12)21-18;/h1-9H,10H2,(H,20,21)(H,22,23);/q;+1/p-1. The van der Waals surface area contributed by atoms with Crippen LogP contribution in [0.4, 0.5) is 0 Å². The Bertz CT molecular complexity index is 1030. The first-order valence-corrected chi connectivity index (χ1v) is 7.38. The molecule has 0 aliphatic rings. The summed E-state index contributed by atoms with van der Waals surface area (Å²) in [5.74, 6) is -0.233. The molecule has 6 nitrogen and oxygen atoms in total. The summed E-state index contributed by atoms with van der Waals surface area (Å²) in [6.45, 7) is -0.518. The average Bonchev–Trinajstić information content (AvgIpc) is 3.03. The topological polar surface area (TPSA) is 90.9 Å². The number of imidazole rings is 1. The fourth-order valence-corrected chi connectivity index (χ4v) is 2.58. The van der Waals surface area contributed by atoms with Crippen LogP contribution in [0.25, 0.3) is 33.5 Å². The van der Waals surface area contributed by atoms with Crippen molar-refractivity contribution in [1.29, 1.82) is 0 Å². The maximum atomic E-state index is 10.6. The van der Waals surface area contributed by atoms with Crippen LogP contribution >= 0.6 is 0 Å². The van der Waals surface area contributed by atoms with Crippen LogP contribution in [0.3, 0.4) is 0 Å². The van der Waals surface area contributed by atoms with Crippen LogP contribution in [0.1, 0.15) is 0 Å². The molecule has 2 heterocycles. The van der Waals surface area contributed by atoms with Crippen molar-refractivity contribution in [3.63, 3.8) is 0 Å². The minimum absolute atomic E-state index is 0. The number of carbonyl (C=O) groups is 1. The number of nitrogens with zero attached hydrogens (tertiary/aromatic N) is 2. The number of benzene rings is 2. The summed E-state index contributed by atoms with van der Waals surface area (Å²) in [5.41, 5.74) is 3.02. The van der Waals surface area contributed by atoms with Gasteiger partial charge in [0.2, 0.25) is 0 Å². The first kappa shape index (κ1) is 17.4. The van der Waals surface area contributed by atoms with Gasteiger partial charge in [-0.05, 0) is 24.3 Å². The Balaban J connectivity index is 0.00000182. The van der Waals surface area contributed by atoms with Crippen molar-refractivity contribution >= 4 is 27.9 Å². The zero-order chi connectivity index (χ0) is 16.5. The molecule has 0 bridgehead atoms. The number of para-hydroxylation sites is 3. The van der Waals surface area contributed by atoms with E-state index in [1.54, 1.807) is 12.1 Å². The largest absolute Gasteiger partial charge is 1.00 e. The van der Waals surface area contributed by atoms with E-state index >= 15 is 0 Å². The molecule has 1 N–H and O–H groups in total. The zero-order valence-electron chi connectivity index (χ0n) is 13.5. The van der Waals surface area contributed by atoms with Gasteiger partial charge in [0.1, 0.15) is 23.6 Å². The van der Waals surface area contributed by atoms with Gasteiger partial charge in [-0.3, -0.25) is 0 Å². The maximum absolute atomic E-state index is 10.6. The van der Waals surface area contributed by atoms with E-state index in [9.17, 15) is 9.90 Å². The quantitative estimate of drug-likeness (QED) is 0.477. The molecule has 0 spiro atoms. The molecule has 0 unspecified atom stereocenters. The van der Waals surface area contributed by atoms with Crippen LogP contribution < -0.4 is 39.4 Å². The number of H-pyrrole nitrogens is 1. The monoisotopic (exact) mass is 341 g/mol. The van der Waals surface area contributed by atoms with Crippen molar-refractivity contribution in [2.75, 3.05) is 6.61 Å². The van der Waals surface area contributed by atoms with E-state index in [1.165, 1.54) is 0 Å². The molecular formula is C18H12N3NaO3. The fraction of sp³-hybridized carbons (Fsp3) is 0.0556. The number of nitrogens with one attached hydrogen (secondary N) is 1.